The zero-order valence-electron chi connectivity index (χ0n) is 8.64. The molecule has 1 rings (SSSR count). The second-order valence-electron chi connectivity index (χ2n) is 3.82. The smallest absolute Gasteiger partial charge is 0.322 e. The number of hydrogen-bond acceptors (Lipinski definition) is 3. The highest BCUT2D eigenvalue weighted by molar-refractivity contribution is 7.89. The second kappa shape index (κ2) is 4.32. The number of carboxylic acid groups (broad SMARTS) is 1. The van der Waals surface area contributed by atoms with E-state index >= 15 is 0 Å². The molecule has 1 fully saturated rings. The molecular formula is C9H15NO4S. The van der Waals surface area contributed by atoms with Crippen LogP contribution in [0.1, 0.15) is 19.8 Å². The Morgan fingerprint density at radius 2 is 2.20 bits per heavy atom. The van der Waals surface area contributed by atoms with Crippen LogP contribution >= 0.6 is 0 Å². The van der Waals surface area contributed by atoms with Crippen LogP contribution in [-0.2, 0) is 14.8 Å². The monoisotopic (exact) mass is 233 g/mol. The minimum Gasteiger partial charge on any atom is -0.480 e. The molecule has 1 aliphatic rings. The van der Waals surface area contributed by atoms with E-state index in [9.17, 15) is 13.2 Å². The number of sulfonamides is 1. The third kappa shape index (κ3) is 2.79. The number of carbonyl (C=O) groups is 1. The lowest BCUT2D eigenvalue weighted by molar-refractivity contribution is -0.140. The Morgan fingerprint density at radius 3 is 2.67 bits per heavy atom. The number of aliphatic carboxylic acids is 1. The first-order chi connectivity index (χ1) is 6.84. The van der Waals surface area contributed by atoms with E-state index in [0.717, 1.165) is 4.31 Å². The molecule has 0 aromatic heterocycles. The van der Waals surface area contributed by atoms with Crippen molar-refractivity contribution < 1.29 is 18.3 Å². The lowest BCUT2D eigenvalue weighted by Gasteiger charge is -2.20. The molecule has 1 atom stereocenters. The van der Waals surface area contributed by atoms with Crippen molar-refractivity contribution in [3.63, 3.8) is 0 Å². The number of nitrogens with zero attached hydrogens (tertiary/aromatic N) is 1. The van der Waals surface area contributed by atoms with Crippen molar-refractivity contribution in [3.8, 4) is 0 Å². The van der Waals surface area contributed by atoms with Crippen LogP contribution in [0.2, 0.25) is 0 Å². The Hall–Kier alpha value is -0.880. The van der Waals surface area contributed by atoms with E-state index in [4.69, 9.17) is 5.11 Å². The van der Waals surface area contributed by atoms with E-state index in [2.05, 4.69) is 6.58 Å². The van der Waals surface area contributed by atoms with Crippen LogP contribution in [0.25, 0.3) is 0 Å². The maximum Gasteiger partial charge on any atom is 0.322 e. The first kappa shape index (κ1) is 12.2. The van der Waals surface area contributed by atoms with Gasteiger partial charge in [-0.25, -0.2) is 8.42 Å². The predicted molar refractivity (Wildman–Crippen MR) is 56.0 cm³/mol. The zero-order chi connectivity index (χ0) is 11.6. The van der Waals surface area contributed by atoms with Gasteiger partial charge in [-0.3, -0.25) is 4.79 Å². The summed E-state index contributed by atoms with van der Waals surface area (Å²) in [6.45, 7) is 5.44. The van der Waals surface area contributed by atoms with Crippen molar-refractivity contribution >= 4 is 16.0 Å². The normalized spacial score (nSPS) is 22.9. The Balaban J connectivity index is 2.87. The summed E-state index contributed by atoms with van der Waals surface area (Å²) in [5.41, 5.74) is 0.519. The van der Waals surface area contributed by atoms with Gasteiger partial charge in [-0.15, -0.1) is 0 Å². The van der Waals surface area contributed by atoms with Crippen LogP contribution in [0.3, 0.4) is 0 Å². The summed E-state index contributed by atoms with van der Waals surface area (Å²) in [5.74, 6) is -1.24. The molecule has 0 bridgehead atoms. The van der Waals surface area contributed by atoms with Crippen molar-refractivity contribution in [2.45, 2.75) is 25.8 Å². The minimum absolute atomic E-state index is 0.170. The molecular weight excluding hydrogens is 218 g/mol. The summed E-state index contributed by atoms with van der Waals surface area (Å²) in [6, 6.07) is -0.894. The number of hydrogen-bond donors (Lipinski definition) is 1. The number of rotatable bonds is 4. The van der Waals surface area contributed by atoms with Gasteiger partial charge in [-0.05, 0) is 19.8 Å². The lowest BCUT2D eigenvalue weighted by atomic mass is 10.2. The summed E-state index contributed by atoms with van der Waals surface area (Å²) < 4.78 is 24.6. The fourth-order valence-electron chi connectivity index (χ4n) is 1.71. The largest absolute Gasteiger partial charge is 0.480 e. The summed E-state index contributed by atoms with van der Waals surface area (Å²) in [5, 5.41) is 8.85. The maximum absolute atomic E-state index is 11.8. The molecule has 0 amide bonds. The van der Waals surface area contributed by atoms with Crippen LogP contribution in [0.4, 0.5) is 0 Å². The summed E-state index contributed by atoms with van der Waals surface area (Å²) in [7, 11) is -3.50. The Kier molecular flexibility index (Phi) is 3.51. The standard InChI is InChI=1S/C9H15NO4S/c1-7(2)6-15(13,14)10-5-3-4-8(10)9(11)12/h8H,1,3-6H2,2H3,(H,11,12). The molecule has 1 heterocycles. The molecule has 15 heavy (non-hydrogen) atoms. The highest BCUT2D eigenvalue weighted by Gasteiger charge is 2.38. The van der Waals surface area contributed by atoms with E-state index in [1.54, 1.807) is 6.92 Å². The predicted octanol–water partition coefficient (Wildman–Crippen LogP) is 0.441. The third-order valence-corrected chi connectivity index (χ3v) is 4.28. The van der Waals surface area contributed by atoms with Crippen LogP contribution in [-0.4, -0.2) is 42.1 Å². The first-order valence-electron chi connectivity index (χ1n) is 4.71. The van der Waals surface area contributed by atoms with Crippen molar-refractivity contribution in [2.75, 3.05) is 12.3 Å². The van der Waals surface area contributed by atoms with E-state index in [-0.39, 0.29) is 5.75 Å². The first-order valence-corrected chi connectivity index (χ1v) is 6.32. The SMILES string of the molecule is C=C(C)CS(=O)(=O)N1CCCC1C(=O)O. The minimum atomic E-state index is -3.50. The van der Waals surface area contributed by atoms with Crippen LogP contribution in [0.5, 0.6) is 0 Å². The van der Waals surface area contributed by atoms with Crippen LogP contribution < -0.4 is 0 Å². The highest BCUT2D eigenvalue weighted by atomic mass is 32.2. The van der Waals surface area contributed by atoms with Crippen molar-refractivity contribution in [1.82, 2.24) is 4.31 Å². The Labute approximate surface area is 89.4 Å². The van der Waals surface area contributed by atoms with E-state index < -0.39 is 22.0 Å². The average Bonchev–Trinajstić information content (AvgIpc) is 2.48. The second-order valence-corrected chi connectivity index (χ2v) is 5.74. The lowest BCUT2D eigenvalue weighted by Crippen LogP contribution is -2.41. The van der Waals surface area contributed by atoms with Crippen molar-refractivity contribution in [1.29, 1.82) is 0 Å². The van der Waals surface area contributed by atoms with Gasteiger partial charge in [0.05, 0.1) is 5.75 Å². The van der Waals surface area contributed by atoms with Crippen molar-refractivity contribution in [3.05, 3.63) is 12.2 Å². The molecule has 86 valence electrons. The molecule has 6 heteroatoms. The molecule has 0 radical (unpaired) electrons. The summed E-state index contributed by atoms with van der Waals surface area (Å²) in [4.78, 5) is 10.8. The molecule has 0 saturated carbocycles. The number of carboxylic acids is 1. The van der Waals surface area contributed by atoms with Gasteiger partial charge >= 0.3 is 5.97 Å². The Morgan fingerprint density at radius 1 is 1.60 bits per heavy atom. The van der Waals surface area contributed by atoms with E-state index in [1.165, 1.54) is 0 Å². The molecule has 1 saturated heterocycles. The molecule has 1 N–H and O–H groups in total. The quantitative estimate of drug-likeness (QED) is 0.715. The van der Waals surface area contributed by atoms with Gasteiger partial charge in [0.15, 0.2) is 0 Å². The molecule has 0 aliphatic carbocycles. The topological polar surface area (TPSA) is 74.7 Å². The van der Waals surface area contributed by atoms with Gasteiger partial charge in [0.1, 0.15) is 6.04 Å². The van der Waals surface area contributed by atoms with Gasteiger partial charge in [0, 0.05) is 6.54 Å². The fraction of sp³-hybridized carbons (Fsp3) is 0.667. The average molecular weight is 233 g/mol. The molecule has 5 nitrogen and oxygen atoms in total. The van der Waals surface area contributed by atoms with Gasteiger partial charge in [-0.2, -0.15) is 4.31 Å². The van der Waals surface area contributed by atoms with Gasteiger partial charge in [0.2, 0.25) is 10.0 Å². The Bertz CT molecular complexity index is 374. The fourth-order valence-corrected chi connectivity index (χ4v) is 3.49. The van der Waals surface area contributed by atoms with Gasteiger partial charge in [-0.1, -0.05) is 12.2 Å². The van der Waals surface area contributed by atoms with Crippen molar-refractivity contribution in [2.24, 2.45) is 0 Å². The van der Waals surface area contributed by atoms with Crippen LogP contribution in [0, 0.1) is 0 Å². The third-order valence-electron chi connectivity index (χ3n) is 2.27. The maximum atomic E-state index is 11.8. The molecule has 1 unspecified atom stereocenters. The molecule has 1 aliphatic heterocycles. The molecule has 0 aromatic carbocycles. The summed E-state index contributed by atoms with van der Waals surface area (Å²) in [6.07, 6.45) is 0.997. The zero-order valence-corrected chi connectivity index (χ0v) is 9.46. The van der Waals surface area contributed by atoms with Gasteiger partial charge in [0.25, 0.3) is 0 Å². The van der Waals surface area contributed by atoms with Gasteiger partial charge < -0.3 is 5.11 Å². The van der Waals surface area contributed by atoms with E-state index in [1.807, 2.05) is 0 Å². The molecule has 0 spiro atoms. The van der Waals surface area contributed by atoms with E-state index in [0.29, 0.717) is 25.0 Å². The highest BCUT2D eigenvalue weighted by Crippen LogP contribution is 2.22. The molecule has 0 aromatic rings. The van der Waals surface area contributed by atoms with Crippen LogP contribution in [0.15, 0.2) is 12.2 Å². The summed E-state index contributed by atoms with van der Waals surface area (Å²) >= 11 is 0.